The highest BCUT2D eigenvalue weighted by atomic mass is 19.1. The third-order valence-electron chi connectivity index (χ3n) is 5.84. The standard InChI is InChI=1S/C24H28FN3O3/c1-15(2)22-21-20(31-14-16-7-5-4-6-8-16)13-19(24(29)30-3)26-23(21)28(27-22)18-11-9-17(25)10-12-18/h9-13,15-16H,4-8,14H2,1-3H3. The number of fused-ring (bicyclic) bond motifs is 1. The largest absolute Gasteiger partial charge is 0.492 e. The second-order valence-corrected chi connectivity index (χ2v) is 8.44. The van der Waals surface area contributed by atoms with E-state index in [4.69, 9.17) is 14.6 Å². The summed E-state index contributed by atoms with van der Waals surface area (Å²) in [6.45, 7) is 4.70. The highest BCUT2D eigenvalue weighted by Crippen LogP contribution is 2.35. The molecule has 0 radical (unpaired) electrons. The lowest BCUT2D eigenvalue weighted by Crippen LogP contribution is -2.16. The molecule has 0 spiro atoms. The van der Waals surface area contributed by atoms with Gasteiger partial charge in [0.15, 0.2) is 11.3 Å². The number of carbonyl (C=O) groups excluding carboxylic acids is 1. The molecule has 6 nitrogen and oxygen atoms in total. The van der Waals surface area contributed by atoms with Crippen LogP contribution < -0.4 is 4.74 Å². The number of methoxy groups -OCH3 is 1. The summed E-state index contributed by atoms with van der Waals surface area (Å²) < 4.78 is 26.3. The Balaban J connectivity index is 1.85. The van der Waals surface area contributed by atoms with Gasteiger partial charge in [-0.25, -0.2) is 18.9 Å². The number of halogens is 1. The Bertz CT molecular complexity index is 1070. The number of hydrogen-bond donors (Lipinski definition) is 0. The van der Waals surface area contributed by atoms with Crippen LogP contribution in [0.2, 0.25) is 0 Å². The Morgan fingerprint density at radius 2 is 1.90 bits per heavy atom. The Morgan fingerprint density at radius 1 is 1.19 bits per heavy atom. The summed E-state index contributed by atoms with van der Waals surface area (Å²) >= 11 is 0. The number of rotatable bonds is 6. The van der Waals surface area contributed by atoms with Crippen LogP contribution in [0, 0.1) is 11.7 Å². The van der Waals surface area contributed by atoms with E-state index in [0.29, 0.717) is 29.6 Å². The number of nitrogens with zero attached hydrogens (tertiary/aromatic N) is 3. The summed E-state index contributed by atoms with van der Waals surface area (Å²) in [5.41, 5.74) is 2.14. The first kappa shape index (κ1) is 21.3. The van der Waals surface area contributed by atoms with Gasteiger partial charge >= 0.3 is 5.97 Å². The second kappa shape index (κ2) is 9.04. The van der Waals surface area contributed by atoms with Gasteiger partial charge < -0.3 is 9.47 Å². The summed E-state index contributed by atoms with van der Waals surface area (Å²) in [7, 11) is 1.33. The van der Waals surface area contributed by atoms with Gasteiger partial charge in [0, 0.05) is 6.07 Å². The Kier molecular flexibility index (Phi) is 6.20. The lowest BCUT2D eigenvalue weighted by molar-refractivity contribution is 0.0593. The quantitative estimate of drug-likeness (QED) is 0.493. The van der Waals surface area contributed by atoms with Gasteiger partial charge in [-0.05, 0) is 48.9 Å². The summed E-state index contributed by atoms with van der Waals surface area (Å²) in [5.74, 6) is 0.333. The molecule has 0 amide bonds. The maximum absolute atomic E-state index is 13.5. The molecule has 1 fully saturated rings. The molecule has 0 aliphatic heterocycles. The van der Waals surface area contributed by atoms with E-state index < -0.39 is 5.97 Å². The summed E-state index contributed by atoms with van der Waals surface area (Å²) in [6, 6.07) is 7.69. The molecule has 3 aromatic rings. The Morgan fingerprint density at radius 3 is 2.55 bits per heavy atom. The highest BCUT2D eigenvalue weighted by Gasteiger charge is 2.24. The van der Waals surface area contributed by atoms with Gasteiger partial charge in [0.25, 0.3) is 0 Å². The lowest BCUT2D eigenvalue weighted by Gasteiger charge is -2.22. The molecule has 0 N–H and O–H groups in total. The van der Waals surface area contributed by atoms with Gasteiger partial charge in [-0.3, -0.25) is 0 Å². The van der Waals surface area contributed by atoms with E-state index in [0.717, 1.165) is 23.9 Å². The first-order chi connectivity index (χ1) is 15.0. The van der Waals surface area contributed by atoms with Crippen molar-refractivity contribution in [2.45, 2.75) is 51.9 Å². The normalized spacial score (nSPS) is 14.9. The number of esters is 1. The van der Waals surface area contributed by atoms with Crippen LogP contribution in [0.25, 0.3) is 16.7 Å². The van der Waals surface area contributed by atoms with Crippen LogP contribution in [0.4, 0.5) is 4.39 Å². The number of pyridine rings is 1. The van der Waals surface area contributed by atoms with Gasteiger partial charge in [0.05, 0.1) is 30.5 Å². The minimum absolute atomic E-state index is 0.104. The van der Waals surface area contributed by atoms with Gasteiger partial charge in [0.1, 0.15) is 11.6 Å². The van der Waals surface area contributed by atoms with Crippen molar-refractivity contribution >= 4 is 17.0 Å². The van der Waals surface area contributed by atoms with E-state index in [2.05, 4.69) is 18.8 Å². The minimum Gasteiger partial charge on any atom is -0.492 e. The van der Waals surface area contributed by atoms with Crippen molar-refractivity contribution in [3.05, 3.63) is 47.5 Å². The fourth-order valence-electron chi connectivity index (χ4n) is 4.16. The Labute approximate surface area is 181 Å². The molecule has 0 unspecified atom stereocenters. The molecule has 1 aliphatic carbocycles. The molecule has 2 aromatic heterocycles. The maximum atomic E-state index is 13.5. The van der Waals surface area contributed by atoms with Crippen LogP contribution in [0.15, 0.2) is 30.3 Å². The lowest BCUT2D eigenvalue weighted by atomic mass is 9.90. The smallest absolute Gasteiger partial charge is 0.356 e. The molecular weight excluding hydrogens is 397 g/mol. The molecule has 1 aromatic carbocycles. The van der Waals surface area contributed by atoms with Crippen molar-refractivity contribution in [3.63, 3.8) is 0 Å². The van der Waals surface area contributed by atoms with Crippen LogP contribution in [0.5, 0.6) is 5.75 Å². The van der Waals surface area contributed by atoms with Gasteiger partial charge in [0.2, 0.25) is 0 Å². The van der Waals surface area contributed by atoms with Crippen LogP contribution in [-0.4, -0.2) is 34.5 Å². The average molecular weight is 426 g/mol. The molecule has 164 valence electrons. The van der Waals surface area contributed by atoms with Crippen molar-refractivity contribution < 1.29 is 18.7 Å². The van der Waals surface area contributed by atoms with E-state index in [1.807, 2.05) is 0 Å². The van der Waals surface area contributed by atoms with Crippen molar-refractivity contribution in [3.8, 4) is 11.4 Å². The van der Waals surface area contributed by atoms with Crippen LogP contribution in [0.1, 0.15) is 68.1 Å². The zero-order chi connectivity index (χ0) is 22.0. The summed E-state index contributed by atoms with van der Waals surface area (Å²) in [5, 5.41) is 5.55. The second-order valence-electron chi connectivity index (χ2n) is 8.44. The number of aromatic nitrogens is 3. The van der Waals surface area contributed by atoms with E-state index in [1.54, 1.807) is 22.9 Å². The predicted octanol–water partition coefficient (Wildman–Crippen LogP) is 5.43. The molecule has 1 aliphatic rings. The van der Waals surface area contributed by atoms with Crippen LogP contribution in [-0.2, 0) is 4.74 Å². The number of benzene rings is 1. The average Bonchev–Trinajstić information content (AvgIpc) is 3.18. The third-order valence-corrected chi connectivity index (χ3v) is 5.84. The van der Waals surface area contributed by atoms with Gasteiger partial charge in [-0.2, -0.15) is 5.10 Å². The first-order valence-corrected chi connectivity index (χ1v) is 10.9. The van der Waals surface area contributed by atoms with Crippen molar-refractivity contribution in [1.82, 2.24) is 14.8 Å². The monoisotopic (exact) mass is 425 g/mol. The van der Waals surface area contributed by atoms with Crippen LogP contribution >= 0.6 is 0 Å². The number of hydrogen-bond acceptors (Lipinski definition) is 5. The topological polar surface area (TPSA) is 66.2 Å². The maximum Gasteiger partial charge on any atom is 0.356 e. The molecule has 7 heteroatoms. The fraction of sp³-hybridized carbons (Fsp3) is 0.458. The SMILES string of the molecule is COC(=O)c1cc(OCC2CCCCC2)c2c(C(C)C)nn(-c3ccc(F)cc3)c2n1. The van der Waals surface area contributed by atoms with Crippen molar-refractivity contribution in [2.75, 3.05) is 13.7 Å². The number of ether oxygens (including phenoxy) is 2. The minimum atomic E-state index is -0.539. The highest BCUT2D eigenvalue weighted by molar-refractivity contribution is 5.94. The molecule has 0 atom stereocenters. The number of carbonyl (C=O) groups is 1. The van der Waals surface area contributed by atoms with Crippen molar-refractivity contribution in [2.24, 2.45) is 5.92 Å². The Hall–Kier alpha value is -2.96. The predicted molar refractivity (Wildman–Crippen MR) is 116 cm³/mol. The fourth-order valence-corrected chi connectivity index (χ4v) is 4.16. The molecule has 2 heterocycles. The van der Waals surface area contributed by atoms with Gasteiger partial charge in [-0.1, -0.05) is 33.1 Å². The first-order valence-electron chi connectivity index (χ1n) is 10.9. The van der Waals surface area contributed by atoms with Crippen LogP contribution in [0.3, 0.4) is 0 Å². The van der Waals surface area contributed by atoms with E-state index in [9.17, 15) is 9.18 Å². The third kappa shape index (κ3) is 4.40. The van der Waals surface area contributed by atoms with E-state index in [1.165, 1.54) is 38.5 Å². The molecule has 4 rings (SSSR count). The summed E-state index contributed by atoms with van der Waals surface area (Å²) in [4.78, 5) is 16.9. The molecular formula is C24H28FN3O3. The zero-order valence-electron chi connectivity index (χ0n) is 18.2. The van der Waals surface area contributed by atoms with Gasteiger partial charge in [-0.15, -0.1) is 0 Å². The van der Waals surface area contributed by atoms with Crippen molar-refractivity contribution in [1.29, 1.82) is 0 Å². The molecule has 1 saturated carbocycles. The van der Waals surface area contributed by atoms with E-state index in [-0.39, 0.29) is 17.4 Å². The van der Waals surface area contributed by atoms with E-state index >= 15 is 0 Å². The molecule has 0 saturated heterocycles. The summed E-state index contributed by atoms with van der Waals surface area (Å²) in [6.07, 6.45) is 6.05. The molecule has 31 heavy (non-hydrogen) atoms. The zero-order valence-corrected chi connectivity index (χ0v) is 18.2. The molecule has 0 bridgehead atoms.